The Morgan fingerprint density at radius 1 is 1.40 bits per heavy atom. The van der Waals surface area contributed by atoms with Crippen molar-refractivity contribution in [3.05, 3.63) is 27.8 Å². The number of piperazine rings is 1. The first-order valence-corrected chi connectivity index (χ1v) is 7.79. The van der Waals surface area contributed by atoms with Crippen LogP contribution in [0.1, 0.15) is 24.4 Å². The van der Waals surface area contributed by atoms with E-state index in [1.165, 1.54) is 7.11 Å². The van der Waals surface area contributed by atoms with Gasteiger partial charge in [0, 0.05) is 50.3 Å². The van der Waals surface area contributed by atoms with E-state index in [1.807, 2.05) is 0 Å². The summed E-state index contributed by atoms with van der Waals surface area (Å²) in [5.74, 6) is -0.491. The lowest BCUT2D eigenvalue weighted by Gasteiger charge is -2.35. The van der Waals surface area contributed by atoms with Crippen LogP contribution >= 0.6 is 0 Å². The first-order chi connectivity index (χ1) is 11.7. The third-order valence-electron chi connectivity index (χ3n) is 4.17. The fourth-order valence-corrected chi connectivity index (χ4v) is 2.96. The van der Waals surface area contributed by atoms with E-state index in [4.69, 9.17) is 4.74 Å². The lowest BCUT2D eigenvalue weighted by atomic mass is 9.97. The van der Waals surface area contributed by atoms with Crippen molar-refractivity contribution in [2.45, 2.75) is 25.1 Å². The molecule has 0 saturated carbocycles. The highest BCUT2D eigenvalue weighted by Gasteiger charge is 2.33. The molecule has 1 atom stereocenters. The summed E-state index contributed by atoms with van der Waals surface area (Å²) < 4.78 is 43.1. The second-order valence-electron chi connectivity index (χ2n) is 5.80. The zero-order valence-electron chi connectivity index (χ0n) is 13.7. The van der Waals surface area contributed by atoms with Gasteiger partial charge in [-0.3, -0.25) is 15.0 Å². The van der Waals surface area contributed by atoms with Crippen molar-refractivity contribution in [2.75, 3.05) is 33.3 Å². The number of rotatable bonds is 6. The van der Waals surface area contributed by atoms with Gasteiger partial charge in [-0.2, -0.15) is 13.2 Å². The Balaban J connectivity index is 2.43. The first kappa shape index (κ1) is 19.3. The first-order valence-electron chi connectivity index (χ1n) is 7.79. The number of hydrogen-bond acceptors (Lipinski definition) is 6. The summed E-state index contributed by atoms with van der Waals surface area (Å²) in [6, 6.07) is 1.38. The molecular weight excluding hydrogens is 343 g/mol. The smallest absolute Gasteiger partial charge is 0.389 e. The number of methoxy groups -OCH3 is 1. The molecule has 1 heterocycles. The predicted octanol–water partition coefficient (Wildman–Crippen LogP) is 2.60. The van der Waals surface area contributed by atoms with E-state index in [-0.39, 0.29) is 29.2 Å². The number of alkyl halides is 3. The average molecular weight is 363 g/mol. The molecule has 1 saturated heterocycles. The lowest BCUT2D eigenvalue weighted by molar-refractivity contribution is -0.385. The zero-order chi connectivity index (χ0) is 18.6. The Bertz CT molecular complexity index is 619. The van der Waals surface area contributed by atoms with Crippen LogP contribution in [0.25, 0.3) is 0 Å². The SMILES string of the molecule is COc1cc([N+](=O)[O-])cc([C@@H](CCC(F)(F)F)N2CCNCC2)c1O. The molecule has 1 aromatic rings. The van der Waals surface area contributed by atoms with Gasteiger partial charge in [0.05, 0.1) is 18.1 Å². The summed E-state index contributed by atoms with van der Waals surface area (Å²) in [6.07, 6.45) is -5.71. The van der Waals surface area contributed by atoms with E-state index >= 15 is 0 Å². The number of phenolic OH excluding ortho intramolecular Hbond substituents is 1. The topological polar surface area (TPSA) is 87.9 Å². The maximum Gasteiger partial charge on any atom is 0.389 e. The van der Waals surface area contributed by atoms with Crippen LogP contribution in [-0.2, 0) is 0 Å². The standard InChI is InChI=1S/C15H20F3N3O4/c1-25-13-9-10(21(23)24)8-11(14(13)22)12(2-3-15(16,17)18)20-6-4-19-5-7-20/h8-9,12,19,22H,2-7H2,1H3/t12-/m1/s1. The van der Waals surface area contributed by atoms with Crippen molar-refractivity contribution >= 4 is 5.69 Å². The minimum atomic E-state index is -4.35. The number of nitrogens with one attached hydrogen (secondary N) is 1. The normalized spacial score (nSPS) is 17.3. The van der Waals surface area contributed by atoms with Crippen molar-refractivity contribution in [1.82, 2.24) is 10.2 Å². The molecule has 0 aromatic heterocycles. The van der Waals surface area contributed by atoms with Gasteiger partial charge in [-0.1, -0.05) is 0 Å². The van der Waals surface area contributed by atoms with Gasteiger partial charge in [0.2, 0.25) is 0 Å². The molecule has 1 aliphatic rings. The van der Waals surface area contributed by atoms with Gasteiger partial charge >= 0.3 is 6.18 Å². The number of halogens is 3. The van der Waals surface area contributed by atoms with Gasteiger partial charge in [-0.15, -0.1) is 0 Å². The number of phenols is 1. The highest BCUT2D eigenvalue weighted by atomic mass is 19.4. The van der Waals surface area contributed by atoms with E-state index in [0.29, 0.717) is 26.2 Å². The fourth-order valence-electron chi connectivity index (χ4n) is 2.96. The van der Waals surface area contributed by atoms with Crippen molar-refractivity contribution in [3.63, 3.8) is 0 Å². The van der Waals surface area contributed by atoms with Gasteiger partial charge in [0.1, 0.15) is 0 Å². The average Bonchev–Trinajstić information content (AvgIpc) is 2.56. The number of nitrogens with zero attached hydrogens (tertiary/aromatic N) is 2. The second kappa shape index (κ2) is 7.87. The Morgan fingerprint density at radius 2 is 2.04 bits per heavy atom. The molecule has 25 heavy (non-hydrogen) atoms. The fraction of sp³-hybridized carbons (Fsp3) is 0.600. The molecule has 2 N–H and O–H groups in total. The van der Waals surface area contributed by atoms with Crippen LogP contribution in [0.2, 0.25) is 0 Å². The van der Waals surface area contributed by atoms with E-state index < -0.39 is 23.6 Å². The third kappa shape index (κ3) is 4.95. The van der Waals surface area contributed by atoms with Crippen molar-refractivity contribution < 1.29 is 27.9 Å². The van der Waals surface area contributed by atoms with Crippen LogP contribution in [0.5, 0.6) is 11.5 Å². The minimum absolute atomic E-state index is 0.0807. The number of benzene rings is 1. The number of non-ortho nitro benzene ring substituents is 1. The van der Waals surface area contributed by atoms with E-state index in [2.05, 4.69) is 5.32 Å². The summed E-state index contributed by atoms with van der Waals surface area (Å²) >= 11 is 0. The number of hydrogen-bond donors (Lipinski definition) is 2. The molecule has 7 nitrogen and oxygen atoms in total. The van der Waals surface area contributed by atoms with Gasteiger partial charge < -0.3 is 15.2 Å². The molecule has 2 rings (SSSR count). The van der Waals surface area contributed by atoms with Gasteiger partial charge in [-0.05, 0) is 6.42 Å². The van der Waals surface area contributed by atoms with Crippen molar-refractivity contribution in [2.24, 2.45) is 0 Å². The van der Waals surface area contributed by atoms with Gasteiger partial charge in [0.25, 0.3) is 5.69 Å². The predicted molar refractivity (Wildman–Crippen MR) is 83.8 cm³/mol. The van der Waals surface area contributed by atoms with Crippen LogP contribution in [0.4, 0.5) is 18.9 Å². The van der Waals surface area contributed by atoms with Crippen LogP contribution in [0, 0.1) is 10.1 Å². The quantitative estimate of drug-likeness (QED) is 0.597. The van der Waals surface area contributed by atoms with Crippen LogP contribution in [0.3, 0.4) is 0 Å². The van der Waals surface area contributed by atoms with Crippen molar-refractivity contribution in [3.8, 4) is 11.5 Å². The Kier molecular flexibility index (Phi) is 6.07. The Morgan fingerprint density at radius 3 is 2.56 bits per heavy atom. The molecule has 1 aliphatic heterocycles. The van der Waals surface area contributed by atoms with Crippen LogP contribution in [0.15, 0.2) is 12.1 Å². The Hall–Kier alpha value is -2.07. The number of nitro groups is 1. The van der Waals surface area contributed by atoms with E-state index in [1.54, 1.807) is 4.90 Å². The molecular formula is C15H20F3N3O4. The summed E-state index contributed by atoms with van der Waals surface area (Å²) in [5, 5.41) is 24.6. The highest BCUT2D eigenvalue weighted by Crippen LogP contribution is 2.42. The van der Waals surface area contributed by atoms with Crippen LogP contribution in [-0.4, -0.2) is 54.4 Å². The molecule has 0 aliphatic carbocycles. The molecule has 140 valence electrons. The molecule has 0 unspecified atom stereocenters. The molecule has 0 spiro atoms. The maximum absolute atomic E-state index is 12.7. The summed E-state index contributed by atoms with van der Waals surface area (Å²) in [6.45, 7) is 2.14. The zero-order valence-corrected chi connectivity index (χ0v) is 13.7. The highest BCUT2D eigenvalue weighted by molar-refractivity contribution is 5.54. The minimum Gasteiger partial charge on any atom is -0.504 e. The number of ether oxygens (including phenoxy) is 1. The lowest BCUT2D eigenvalue weighted by Crippen LogP contribution is -2.45. The Labute approximate surface area is 142 Å². The molecule has 0 bridgehead atoms. The monoisotopic (exact) mass is 363 g/mol. The van der Waals surface area contributed by atoms with Gasteiger partial charge in [-0.25, -0.2) is 0 Å². The molecule has 1 fully saturated rings. The van der Waals surface area contributed by atoms with E-state index in [9.17, 15) is 28.4 Å². The largest absolute Gasteiger partial charge is 0.504 e. The third-order valence-corrected chi connectivity index (χ3v) is 4.17. The molecule has 10 heteroatoms. The summed E-state index contributed by atoms with van der Waals surface area (Å²) in [4.78, 5) is 12.2. The second-order valence-corrected chi connectivity index (χ2v) is 5.80. The van der Waals surface area contributed by atoms with E-state index in [0.717, 1.165) is 12.1 Å². The molecule has 0 radical (unpaired) electrons. The van der Waals surface area contributed by atoms with Crippen LogP contribution < -0.4 is 10.1 Å². The molecule has 0 amide bonds. The molecule has 1 aromatic carbocycles. The summed E-state index contributed by atoms with van der Waals surface area (Å²) in [5.41, 5.74) is -0.256. The maximum atomic E-state index is 12.7. The summed E-state index contributed by atoms with van der Waals surface area (Å²) in [7, 11) is 1.23. The van der Waals surface area contributed by atoms with Crippen molar-refractivity contribution in [1.29, 1.82) is 0 Å². The number of aromatic hydroxyl groups is 1. The van der Waals surface area contributed by atoms with Gasteiger partial charge in [0.15, 0.2) is 11.5 Å². The number of nitro benzene ring substituents is 1.